The van der Waals surface area contributed by atoms with Gasteiger partial charge in [-0.05, 0) is 77.0 Å². The summed E-state index contributed by atoms with van der Waals surface area (Å²) in [6.07, 6.45) is 69.8. The van der Waals surface area contributed by atoms with Gasteiger partial charge in [0.2, 0.25) is 0 Å². The van der Waals surface area contributed by atoms with Crippen molar-refractivity contribution in [2.24, 2.45) is 0 Å². The molecule has 0 aromatic heterocycles. The standard InChI is InChI=1S/C48H100N.C16H36N.ClHO4.HI/c1-5-9-13-17-21-25-29-33-37-41-45-49(46-42-38-34-30-26-22-18-14-10-6-2,47-43-39-35-31-27-23-19-15-11-7-3)48-44-40-36-32-28-24-20-16-12-8-4;1-5-9-13-17(14-10-6-2,15-11-7-3)16-12-8-4;2-1(3,4)5;/h5-48H2,1-4H3;5-16H2,1-4H3;(H,2,3,4,5);1H/q2*+1;;/p-2. The molecule has 0 spiro atoms. The zero-order valence-corrected chi connectivity index (χ0v) is 53.8. The van der Waals surface area contributed by atoms with Gasteiger partial charge in [-0.25, -0.2) is 18.6 Å². The van der Waals surface area contributed by atoms with E-state index in [2.05, 4.69) is 55.4 Å². The van der Waals surface area contributed by atoms with E-state index < -0.39 is 10.2 Å². The molecule has 0 bridgehead atoms. The Bertz CT molecular complexity index is 811. The molecular formula is C64H136ClIN2O4. The van der Waals surface area contributed by atoms with Gasteiger partial charge in [0.25, 0.3) is 0 Å². The molecule has 0 amide bonds. The molecule has 0 fully saturated rings. The third-order valence-corrected chi connectivity index (χ3v) is 15.9. The molecule has 0 unspecified atom stereocenters. The van der Waals surface area contributed by atoms with Crippen LogP contribution in [0.5, 0.6) is 0 Å². The van der Waals surface area contributed by atoms with Crippen LogP contribution in [-0.2, 0) is 0 Å². The lowest BCUT2D eigenvalue weighted by atomic mass is 10.0. The summed E-state index contributed by atoms with van der Waals surface area (Å²) in [5.41, 5.74) is 0. The second kappa shape index (κ2) is 64.3. The summed E-state index contributed by atoms with van der Waals surface area (Å²) < 4.78 is 36.9. The Labute approximate surface area is 474 Å². The number of nitrogens with zero attached hydrogens (tertiary/aromatic N) is 2. The molecule has 8 heteroatoms. The van der Waals surface area contributed by atoms with Gasteiger partial charge < -0.3 is 32.9 Å². The maximum Gasteiger partial charge on any atom is 0.0786 e. The van der Waals surface area contributed by atoms with Crippen molar-refractivity contribution in [3.63, 3.8) is 0 Å². The lowest BCUT2D eigenvalue weighted by Crippen LogP contribution is -3.00. The predicted molar refractivity (Wildman–Crippen MR) is 306 cm³/mol. The Balaban J connectivity index is -0.000000829. The highest BCUT2D eigenvalue weighted by Gasteiger charge is 2.26. The molecule has 0 saturated heterocycles. The Morgan fingerprint density at radius 2 is 0.278 bits per heavy atom. The minimum Gasteiger partial charge on any atom is -1.00 e. The van der Waals surface area contributed by atoms with Gasteiger partial charge in [0.15, 0.2) is 0 Å². The van der Waals surface area contributed by atoms with E-state index in [-0.39, 0.29) is 24.0 Å². The predicted octanol–water partition coefficient (Wildman–Crippen LogP) is 14.7. The first-order chi connectivity index (χ1) is 34.5. The van der Waals surface area contributed by atoms with Crippen molar-refractivity contribution < 1.29 is 61.8 Å². The molecule has 0 aromatic rings. The molecular weight excluding hydrogens is 1020 g/mol. The van der Waals surface area contributed by atoms with Gasteiger partial charge in [-0.1, -0.05) is 287 Å². The topological polar surface area (TPSA) is 92.2 Å². The van der Waals surface area contributed by atoms with Crippen molar-refractivity contribution >= 4 is 0 Å². The quantitative estimate of drug-likeness (QED) is 0.0345. The number of unbranched alkanes of at least 4 members (excludes halogenated alkanes) is 40. The van der Waals surface area contributed by atoms with Crippen LogP contribution in [-0.4, -0.2) is 61.3 Å². The van der Waals surface area contributed by atoms with E-state index in [0.717, 1.165) is 0 Å². The largest absolute Gasteiger partial charge is 1.00 e. The molecule has 0 aliphatic heterocycles. The first kappa shape index (κ1) is 79.3. The van der Waals surface area contributed by atoms with Gasteiger partial charge in [-0.2, -0.15) is 0 Å². The second-order valence-electron chi connectivity index (χ2n) is 23.0. The molecule has 0 aliphatic rings. The maximum atomic E-state index is 8.49. The van der Waals surface area contributed by atoms with Crippen LogP contribution in [0.15, 0.2) is 0 Å². The van der Waals surface area contributed by atoms with Crippen LogP contribution >= 0.6 is 0 Å². The summed E-state index contributed by atoms with van der Waals surface area (Å²) in [5.74, 6) is 0. The van der Waals surface area contributed by atoms with Crippen molar-refractivity contribution in [3.05, 3.63) is 0 Å². The van der Waals surface area contributed by atoms with E-state index >= 15 is 0 Å². The van der Waals surface area contributed by atoms with Gasteiger partial charge >= 0.3 is 0 Å². The first-order valence-electron chi connectivity index (χ1n) is 32.8. The van der Waals surface area contributed by atoms with Crippen LogP contribution < -0.4 is 42.6 Å². The van der Waals surface area contributed by atoms with Gasteiger partial charge in [-0.3, -0.25) is 0 Å². The van der Waals surface area contributed by atoms with E-state index in [1.807, 2.05) is 0 Å². The van der Waals surface area contributed by atoms with Crippen LogP contribution in [0.25, 0.3) is 0 Å². The van der Waals surface area contributed by atoms with E-state index in [1.165, 1.54) is 370 Å². The van der Waals surface area contributed by atoms with E-state index in [4.69, 9.17) is 18.6 Å². The van der Waals surface area contributed by atoms with Crippen molar-refractivity contribution in [1.82, 2.24) is 0 Å². The Hall–Kier alpha value is 0.780. The summed E-state index contributed by atoms with van der Waals surface area (Å²) >= 11 is 0. The zero-order valence-electron chi connectivity index (χ0n) is 50.9. The summed E-state index contributed by atoms with van der Waals surface area (Å²) in [6.45, 7) is 30.3. The van der Waals surface area contributed by atoms with Crippen LogP contribution in [0.2, 0.25) is 0 Å². The molecule has 0 aliphatic carbocycles. The van der Waals surface area contributed by atoms with Crippen molar-refractivity contribution in [1.29, 1.82) is 0 Å². The third kappa shape index (κ3) is 65.1. The summed E-state index contributed by atoms with van der Waals surface area (Å²) in [6, 6.07) is 0. The van der Waals surface area contributed by atoms with Gasteiger partial charge in [0.05, 0.1) is 52.4 Å². The number of hydrogen-bond acceptors (Lipinski definition) is 4. The molecule has 0 saturated carbocycles. The van der Waals surface area contributed by atoms with Crippen molar-refractivity contribution in [3.8, 4) is 0 Å². The van der Waals surface area contributed by atoms with E-state index in [0.29, 0.717) is 0 Å². The third-order valence-electron chi connectivity index (χ3n) is 15.9. The smallest absolute Gasteiger partial charge is 0.0786 e. The van der Waals surface area contributed by atoms with Crippen LogP contribution in [0.1, 0.15) is 364 Å². The summed E-state index contributed by atoms with van der Waals surface area (Å²) in [7, 11) is -4.94. The fourth-order valence-electron chi connectivity index (χ4n) is 11.1. The van der Waals surface area contributed by atoms with Crippen LogP contribution in [0, 0.1) is 10.2 Å². The fraction of sp³-hybridized carbons (Fsp3) is 1.00. The number of rotatable bonds is 56. The number of hydrogen-bond donors (Lipinski definition) is 0. The van der Waals surface area contributed by atoms with Crippen molar-refractivity contribution in [2.75, 3.05) is 52.4 Å². The van der Waals surface area contributed by atoms with Crippen LogP contribution in [0.3, 0.4) is 0 Å². The maximum absolute atomic E-state index is 8.49. The van der Waals surface area contributed by atoms with Crippen molar-refractivity contribution in [2.45, 2.75) is 364 Å². The summed E-state index contributed by atoms with van der Waals surface area (Å²) in [5, 5.41) is 0. The first-order valence-corrected chi connectivity index (χ1v) is 34.0. The Morgan fingerprint density at radius 3 is 0.403 bits per heavy atom. The molecule has 0 aromatic carbocycles. The molecule has 0 atom stereocenters. The van der Waals surface area contributed by atoms with Crippen LogP contribution in [0.4, 0.5) is 0 Å². The average molecular weight is 1160 g/mol. The molecule has 440 valence electrons. The van der Waals surface area contributed by atoms with E-state index in [1.54, 1.807) is 0 Å². The molecule has 0 N–H and O–H groups in total. The molecule has 0 heterocycles. The highest BCUT2D eigenvalue weighted by atomic mass is 127. The lowest BCUT2D eigenvalue weighted by molar-refractivity contribution is -2.00. The highest BCUT2D eigenvalue weighted by Crippen LogP contribution is 2.22. The SMILES string of the molecule is CCCCCCCCCCCC[N+](CCCCCCCCCCCC)(CCCCCCCCCCCC)CCCCCCCCCCCC.CCCC[N+](CCCC)(CCCC)CCCC.[I-].[O-][Cl+3]([O-])([O-])[O-]. The Kier molecular flexibility index (Phi) is 70.8. The molecule has 0 radical (unpaired) electrons. The normalized spacial score (nSPS) is 11.8. The minimum absolute atomic E-state index is 0. The molecule has 6 nitrogen and oxygen atoms in total. The zero-order chi connectivity index (χ0) is 53.1. The van der Waals surface area contributed by atoms with Gasteiger partial charge in [-0.15, -0.1) is 10.2 Å². The van der Waals surface area contributed by atoms with E-state index in [9.17, 15) is 0 Å². The molecule has 0 rings (SSSR count). The molecule has 72 heavy (non-hydrogen) atoms. The Morgan fingerprint density at radius 1 is 0.181 bits per heavy atom. The average Bonchev–Trinajstić information content (AvgIpc) is 3.35. The summed E-state index contributed by atoms with van der Waals surface area (Å²) in [4.78, 5) is 0. The number of halogens is 2. The number of quaternary nitrogens is 2. The van der Waals surface area contributed by atoms with Gasteiger partial charge in [0, 0.05) is 0 Å². The monoisotopic (exact) mass is 1160 g/mol. The minimum atomic E-state index is -4.94. The lowest BCUT2D eigenvalue weighted by Gasteiger charge is -2.40. The fourth-order valence-corrected chi connectivity index (χ4v) is 11.1. The van der Waals surface area contributed by atoms with Gasteiger partial charge in [0.1, 0.15) is 0 Å². The highest BCUT2D eigenvalue weighted by molar-refractivity contribution is 4.57. The second-order valence-corrected chi connectivity index (χ2v) is 23.7.